The Kier molecular flexibility index (Phi) is 4.74. The Labute approximate surface area is 121 Å². The fraction of sp³-hybridized carbons (Fsp3) is 0.200. The Balaban J connectivity index is 2.03. The highest BCUT2D eigenvalue weighted by Crippen LogP contribution is 2.25. The number of aryl methyl sites for hydroxylation is 1. The number of thioether (sulfide) groups is 1. The van der Waals surface area contributed by atoms with Crippen LogP contribution >= 0.6 is 11.8 Å². The number of hydrogen-bond donors (Lipinski definition) is 0. The monoisotopic (exact) mass is 291 g/mol. The molecule has 0 unspecified atom stereocenters. The van der Waals surface area contributed by atoms with E-state index < -0.39 is 16.4 Å². The summed E-state index contributed by atoms with van der Waals surface area (Å²) in [5.41, 5.74) is 2.31. The normalized spacial score (nSPS) is 10.5. The first-order valence-electron chi connectivity index (χ1n) is 6.13. The van der Waals surface area contributed by atoms with Crippen LogP contribution in [0, 0.1) is 22.9 Å². The quantitative estimate of drug-likeness (QED) is 0.602. The number of nitrogens with zero attached hydrogens (tertiary/aromatic N) is 1. The zero-order valence-electron chi connectivity index (χ0n) is 11.0. The lowest BCUT2D eigenvalue weighted by atomic mass is 10.1. The minimum absolute atomic E-state index is 0.373. The van der Waals surface area contributed by atoms with Crippen LogP contribution in [0.2, 0.25) is 0 Å². The van der Waals surface area contributed by atoms with Crippen LogP contribution in [0.1, 0.15) is 16.7 Å². The summed E-state index contributed by atoms with van der Waals surface area (Å²) in [5, 5.41) is 10.7. The molecule has 2 rings (SSSR count). The van der Waals surface area contributed by atoms with Gasteiger partial charge in [-0.1, -0.05) is 36.4 Å². The molecule has 0 fully saturated rings. The molecule has 0 saturated carbocycles. The standard InChI is InChI=1S/C15H14FNO2S/c1-11-5-2-3-6-12(11)9-20-10-13-7-4-8-14(15(13)16)17(18)19/h2-8H,9-10H2,1H3. The van der Waals surface area contributed by atoms with Gasteiger partial charge in [-0.05, 0) is 18.1 Å². The maximum absolute atomic E-state index is 13.9. The predicted molar refractivity (Wildman–Crippen MR) is 79.2 cm³/mol. The number of hydrogen-bond acceptors (Lipinski definition) is 3. The van der Waals surface area contributed by atoms with Crippen molar-refractivity contribution in [1.82, 2.24) is 0 Å². The average molecular weight is 291 g/mol. The average Bonchev–Trinajstić information content (AvgIpc) is 2.42. The van der Waals surface area contributed by atoms with E-state index in [9.17, 15) is 14.5 Å². The van der Waals surface area contributed by atoms with Gasteiger partial charge in [0.25, 0.3) is 0 Å². The molecule has 20 heavy (non-hydrogen) atoms. The van der Waals surface area contributed by atoms with Crippen molar-refractivity contribution in [3.8, 4) is 0 Å². The Hall–Kier alpha value is -1.88. The van der Waals surface area contributed by atoms with E-state index in [1.807, 2.05) is 31.2 Å². The number of nitro benzene ring substituents is 1. The molecule has 0 heterocycles. The largest absolute Gasteiger partial charge is 0.305 e. The third kappa shape index (κ3) is 3.36. The lowest BCUT2D eigenvalue weighted by Gasteiger charge is -2.06. The molecule has 0 bridgehead atoms. The van der Waals surface area contributed by atoms with Gasteiger partial charge >= 0.3 is 5.69 Å². The molecular weight excluding hydrogens is 277 g/mol. The first kappa shape index (κ1) is 14.5. The molecule has 2 aromatic carbocycles. The second-order valence-electron chi connectivity index (χ2n) is 4.43. The van der Waals surface area contributed by atoms with Crippen molar-refractivity contribution in [2.45, 2.75) is 18.4 Å². The van der Waals surface area contributed by atoms with Crippen LogP contribution in [0.25, 0.3) is 0 Å². The van der Waals surface area contributed by atoms with E-state index >= 15 is 0 Å². The molecule has 0 aliphatic heterocycles. The summed E-state index contributed by atoms with van der Waals surface area (Å²) in [5.74, 6) is 0.450. The Bertz CT molecular complexity index is 631. The third-order valence-corrected chi connectivity index (χ3v) is 4.06. The zero-order valence-corrected chi connectivity index (χ0v) is 11.8. The van der Waals surface area contributed by atoms with Crippen molar-refractivity contribution >= 4 is 17.4 Å². The first-order chi connectivity index (χ1) is 9.59. The smallest absolute Gasteiger partial charge is 0.258 e. The summed E-state index contributed by atoms with van der Waals surface area (Å²) in [6, 6.07) is 12.3. The summed E-state index contributed by atoms with van der Waals surface area (Å²) in [6.07, 6.45) is 0. The molecular formula is C15H14FNO2S. The predicted octanol–water partition coefficient (Wildman–Crippen LogP) is 4.48. The molecule has 2 aromatic rings. The number of rotatable bonds is 5. The highest BCUT2D eigenvalue weighted by atomic mass is 32.2. The number of nitro groups is 1. The fourth-order valence-electron chi connectivity index (χ4n) is 1.86. The van der Waals surface area contributed by atoms with E-state index in [1.165, 1.54) is 23.3 Å². The van der Waals surface area contributed by atoms with Crippen molar-refractivity contribution in [1.29, 1.82) is 0 Å². The summed E-state index contributed by atoms with van der Waals surface area (Å²) >= 11 is 1.55. The fourth-order valence-corrected chi connectivity index (χ4v) is 2.95. The van der Waals surface area contributed by atoms with E-state index in [4.69, 9.17) is 0 Å². The maximum Gasteiger partial charge on any atom is 0.305 e. The van der Waals surface area contributed by atoms with Gasteiger partial charge in [0.2, 0.25) is 5.82 Å². The van der Waals surface area contributed by atoms with E-state index in [0.29, 0.717) is 11.3 Å². The summed E-state index contributed by atoms with van der Waals surface area (Å²) in [4.78, 5) is 9.98. The summed E-state index contributed by atoms with van der Waals surface area (Å²) in [7, 11) is 0. The molecule has 0 aromatic heterocycles. The highest BCUT2D eigenvalue weighted by molar-refractivity contribution is 7.97. The second-order valence-corrected chi connectivity index (χ2v) is 5.41. The summed E-state index contributed by atoms with van der Waals surface area (Å²) in [6.45, 7) is 2.03. The lowest BCUT2D eigenvalue weighted by molar-refractivity contribution is -0.387. The van der Waals surface area contributed by atoms with Gasteiger partial charge in [0, 0.05) is 23.1 Å². The van der Waals surface area contributed by atoms with Gasteiger partial charge < -0.3 is 0 Å². The van der Waals surface area contributed by atoms with Gasteiger partial charge in [0.15, 0.2) is 0 Å². The molecule has 0 atom stereocenters. The van der Waals surface area contributed by atoms with Gasteiger partial charge in [-0.15, -0.1) is 0 Å². The molecule has 104 valence electrons. The van der Waals surface area contributed by atoms with Gasteiger partial charge in [0.05, 0.1) is 4.92 Å². The lowest BCUT2D eigenvalue weighted by Crippen LogP contribution is -1.96. The van der Waals surface area contributed by atoms with Crippen LogP contribution in [0.4, 0.5) is 10.1 Å². The minimum atomic E-state index is -0.727. The van der Waals surface area contributed by atoms with Crippen molar-refractivity contribution in [2.75, 3.05) is 0 Å². The van der Waals surface area contributed by atoms with Crippen molar-refractivity contribution in [3.05, 3.63) is 75.1 Å². The van der Waals surface area contributed by atoms with Crippen LogP contribution in [-0.2, 0) is 11.5 Å². The summed E-state index contributed by atoms with van der Waals surface area (Å²) < 4.78 is 13.9. The van der Waals surface area contributed by atoms with Crippen LogP contribution < -0.4 is 0 Å². The van der Waals surface area contributed by atoms with E-state index in [0.717, 1.165) is 5.75 Å². The third-order valence-electron chi connectivity index (χ3n) is 3.03. The zero-order chi connectivity index (χ0) is 14.5. The van der Waals surface area contributed by atoms with Gasteiger partial charge in [-0.2, -0.15) is 16.2 Å². The Morgan fingerprint density at radius 3 is 2.45 bits per heavy atom. The Morgan fingerprint density at radius 2 is 1.75 bits per heavy atom. The van der Waals surface area contributed by atoms with Crippen molar-refractivity contribution in [3.63, 3.8) is 0 Å². The van der Waals surface area contributed by atoms with Crippen LogP contribution in [0.5, 0.6) is 0 Å². The molecule has 3 nitrogen and oxygen atoms in total. The van der Waals surface area contributed by atoms with Gasteiger partial charge in [0.1, 0.15) is 0 Å². The molecule has 5 heteroatoms. The second kappa shape index (κ2) is 6.52. The van der Waals surface area contributed by atoms with E-state index in [2.05, 4.69) is 0 Å². The molecule has 0 N–H and O–H groups in total. The molecule has 0 aliphatic carbocycles. The Morgan fingerprint density at radius 1 is 1.10 bits per heavy atom. The first-order valence-corrected chi connectivity index (χ1v) is 7.29. The SMILES string of the molecule is Cc1ccccc1CSCc1cccc([N+](=O)[O-])c1F. The van der Waals surface area contributed by atoms with Crippen LogP contribution in [-0.4, -0.2) is 4.92 Å². The highest BCUT2D eigenvalue weighted by Gasteiger charge is 2.16. The molecule has 0 aliphatic rings. The van der Waals surface area contributed by atoms with Gasteiger partial charge in [-0.3, -0.25) is 10.1 Å². The molecule has 0 radical (unpaired) electrons. The van der Waals surface area contributed by atoms with Crippen LogP contribution in [0.3, 0.4) is 0 Å². The minimum Gasteiger partial charge on any atom is -0.258 e. The van der Waals surface area contributed by atoms with Crippen molar-refractivity contribution in [2.24, 2.45) is 0 Å². The number of benzene rings is 2. The molecule has 0 saturated heterocycles. The molecule has 0 spiro atoms. The topological polar surface area (TPSA) is 43.1 Å². The van der Waals surface area contributed by atoms with Gasteiger partial charge in [-0.25, -0.2) is 0 Å². The maximum atomic E-state index is 13.9. The van der Waals surface area contributed by atoms with Crippen molar-refractivity contribution < 1.29 is 9.31 Å². The van der Waals surface area contributed by atoms with E-state index in [-0.39, 0.29) is 0 Å². The number of halogens is 1. The molecule has 0 amide bonds. The van der Waals surface area contributed by atoms with E-state index in [1.54, 1.807) is 17.8 Å². The van der Waals surface area contributed by atoms with Crippen LogP contribution in [0.15, 0.2) is 42.5 Å².